The third-order valence-electron chi connectivity index (χ3n) is 2.52. The van der Waals surface area contributed by atoms with Crippen LogP contribution in [0.1, 0.15) is 34.8 Å². The highest BCUT2D eigenvalue weighted by Crippen LogP contribution is 2.29. The van der Waals surface area contributed by atoms with Crippen LogP contribution >= 0.6 is 15.9 Å². The van der Waals surface area contributed by atoms with Crippen LogP contribution in [0.15, 0.2) is 22.7 Å². The van der Waals surface area contributed by atoms with Gasteiger partial charge in [-0.3, -0.25) is 4.79 Å². The Bertz CT molecular complexity index is 419. The second-order valence-corrected chi connectivity index (χ2v) is 4.34. The molecule has 1 nitrogen and oxygen atoms in total. The summed E-state index contributed by atoms with van der Waals surface area (Å²) < 4.78 is 1.11. The van der Waals surface area contributed by atoms with E-state index in [-0.39, 0.29) is 5.78 Å². The van der Waals surface area contributed by atoms with Crippen molar-refractivity contribution in [3.05, 3.63) is 39.4 Å². The lowest BCUT2D eigenvalue weighted by Gasteiger charge is -2.15. The Hall–Kier alpha value is -0.890. The number of benzene rings is 1. The average Bonchev–Trinajstić information content (AvgIpc) is 2.18. The van der Waals surface area contributed by atoms with E-state index in [1.165, 1.54) is 5.56 Å². The lowest BCUT2D eigenvalue weighted by atomic mass is 9.92. The monoisotopic (exact) mass is 250 g/mol. The molecule has 0 radical (unpaired) electrons. The summed E-state index contributed by atoms with van der Waals surface area (Å²) >= 11 is 3.52. The summed E-state index contributed by atoms with van der Waals surface area (Å²) in [5.41, 5.74) is 3.19. The Morgan fingerprint density at radius 3 is 2.93 bits per heavy atom. The molecule has 0 saturated carbocycles. The lowest BCUT2D eigenvalue weighted by Crippen LogP contribution is -2.03. The van der Waals surface area contributed by atoms with Crippen LogP contribution in [0.2, 0.25) is 0 Å². The van der Waals surface area contributed by atoms with Crippen molar-refractivity contribution in [2.75, 3.05) is 0 Å². The molecule has 1 aliphatic carbocycles. The van der Waals surface area contributed by atoms with E-state index in [1.807, 2.05) is 12.1 Å². The molecule has 2 rings (SSSR count). The van der Waals surface area contributed by atoms with Crippen LogP contribution in [-0.2, 0) is 6.42 Å². The highest BCUT2D eigenvalue weighted by atomic mass is 79.9. The van der Waals surface area contributed by atoms with Crippen molar-refractivity contribution in [3.63, 3.8) is 0 Å². The van der Waals surface area contributed by atoms with Crippen molar-refractivity contribution in [2.45, 2.75) is 19.8 Å². The van der Waals surface area contributed by atoms with Crippen molar-refractivity contribution in [1.29, 1.82) is 0 Å². The molecule has 0 amide bonds. The van der Waals surface area contributed by atoms with E-state index < -0.39 is 0 Å². The van der Waals surface area contributed by atoms with Gasteiger partial charge in [0.25, 0.3) is 0 Å². The van der Waals surface area contributed by atoms with Crippen molar-refractivity contribution in [3.8, 4) is 0 Å². The minimum absolute atomic E-state index is 0.139. The number of ketones is 1. The van der Waals surface area contributed by atoms with E-state index in [9.17, 15) is 4.79 Å². The fraction of sp³-hybridized carbons (Fsp3) is 0.250. The number of hydrogen-bond acceptors (Lipinski definition) is 1. The van der Waals surface area contributed by atoms with Crippen molar-refractivity contribution < 1.29 is 4.79 Å². The Kier molecular flexibility index (Phi) is 2.55. The minimum atomic E-state index is 0.139. The van der Waals surface area contributed by atoms with Gasteiger partial charge in [0.1, 0.15) is 0 Å². The maximum atomic E-state index is 11.4. The molecule has 1 aliphatic rings. The highest BCUT2D eigenvalue weighted by Gasteiger charge is 2.14. The van der Waals surface area contributed by atoms with Gasteiger partial charge in [0, 0.05) is 10.0 Å². The van der Waals surface area contributed by atoms with Gasteiger partial charge in [0.2, 0.25) is 0 Å². The SMILES string of the molecule is CC(=O)c1ccc(Br)c2c1C=CCC2. The van der Waals surface area contributed by atoms with Crippen LogP contribution in [0.25, 0.3) is 6.08 Å². The van der Waals surface area contributed by atoms with Crippen LogP contribution in [0, 0.1) is 0 Å². The van der Waals surface area contributed by atoms with Gasteiger partial charge in [-0.2, -0.15) is 0 Å². The molecular weight excluding hydrogens is 240 g/mol. The maximum absolute atomic E-state index is 11.4. The van der Waals surface area contributed by atoms with Gasteiger partial charge < -0.3 is 0 Å². The summed E-state index contributed by atoms with van der Waals surface area (Å²) in [6.07, 6.45) is 6.27. The maximum Gasteiger partial charge on any atom is 0.160 e. The largest absolute Gasteiger partial charge is 0.294 e. The number of rotatable bonds is 1. The Labute approximate surface area is 92.0 Å². The van der Waals surface area contributed by atoms with Crippen molar-refractivity contribution in [1.82, 2.24) is 0 Å². The molecule has 0 N–H and O–H groups in total. The van der Waals surface area contributed by atoms with Gasteiger partial charge in [-0.15, -0.1) is 0 Å². The highest BCUT2D eigenvalue weighted by molar-refractivity contribution is 9.10. The molecule has 2 heteroatoms. The van der Waals surface area contributed by atoms with Gasteiger partial charge in [-0.05, 0) is 43.0 Å². The number of halogens is 1. The first-order chi connectivity index (χ1) is 6.70. The van der Waals surface area contributed by atoms with Gasteiger partial charge in [0.05, 0.1) is 0 Å². The summed E-state index contributed by atoms with van der Waals surface area (Å²) in [6.45, 7) is 1.62. The zero-order valence-corrected chi connectivity index (χ0v) is 9.60. The van der Waals surface area contributed by atoms with Crippen molar-refractivity contribution >= 4 is 27.8 Å². The van der Waals surface area contributed by atoms with Gasteiger partial charge in [-0.25, -0.2) is 0 Å². The summed E-state index contributed by atoms with van der Waals surface area (Å²) in [6, 6.07) is 3.86. The Balaban J connectivity index is 2.67. The molecule has 0 atom stereocenters. The first-order valence-corrected chi connectivity index (χ1v) is 5.48. The number of carbonyl (C=O) groups excluding carboxylic acids is 1. The zero-order chi connectivity index (χ0) is 10.1. The smallest absolute Gasteiger partial charge is 0.160 e. The molecule has 0 saturated heterocycles. The fourth-order valence-corrected chi connectivity index (χ4v) is 2.36. The number of hydrogen-bond donors (Lipinski definition) is 0. The van der Waals surface area contributed by atoms with Crippen LogP contribution in [0.3, 0.4) is 0 Å². The topological polar surface area (TPSA) is 17.1 Å². The molecule has 0 spiro atoms. The number of fused-ring (bicyclic) bond motifs is 1. The van der Waals surface area contributed by atoms with Gasteiger partial charge >= 0.3 is 0 Å². The molecule has 14 heavy (non-hydrogen) atoms. The second kappa shape index (κ2) is 3.70. The summed E-state index contributed by atoms with van der Waals surface area (Å²) in [5, 5.41) is 0. The first-order valence-electron chi connectivity index (χ1n) is 4.69. The van der Waals surface area contributed by atoms with E-state index in [4.69, 9.17) is 0 Å². The van der Waals surface area contributed by atoms with Crippen molar-refractivity contribution in [2.24, 2.45) is 0 Å². The van der Waals surface area contributed by atoms with Crippen LogP contribution in [-0.4, -0.2) is 5.78 Å². The van der Waals surface area contributed by atoms with E-state index in [1.54, 1.807) is 6.92 Å². The van der Waals surface area contributed by atoms with Gasteiger partial charge in [-0.1, -0.05) is 28.1 Å². The lowest BCUT2D eigenvalue weighted by molar-refractivity contribution is 0.101. The van der Waals surface area contributed by atoms with Gasteiger partial charge in [0.15, 0.2) is 5.78 Å². The molecule has 1 aromatic carbocycles. The third kappa shape index (κ3) is 1.55. The third-order valence-corrected chi connectivity index (χ3v) is 3.27. The molecule has 0 aliphatic heterocycles. The standard InChI is InChI=1S/C12H11BrO/c1-8(14)9-6-7-12(13)11-5-3-2-4-10(9)11/h2,4,6-7H,3,5H2,1H3. The molecule has 72 valence electrons. The predicted molar refractivity (Wildman–Crippen MR) is 61.5 cm³/mol. The number of carbonyl (C=O) groups is 1. The average molecular weight is 251 g/mol. The Morgan fingerprint density at radius 1 is 1.43 bits per heavy atom. The van der Waals surface area contributed by atoms with Crippen LogP contribution < -0.4 is 0 Å². The molecule has 0 heterocycles. The molecule has 0 bridgehead atoms. The van der Waals surface area contributed by atoms with Crippen LogP contribution in [0.5, 0.6) is 0 Å². The van der Waals surface area contributed by atoms with E-state index >= 15 is 0 Å². The summed E-state index contributed by atoms with van der Waals surface area (Å²) in [5.74, 6) is 0.139. The first kappa shape index (κ1) is 9.66. The molecule has 0 fully saturated rings. The summed E-state index contributed by atoms with van der Waals surface area (Å²) in [7, 11) is 0. The zero-order valence-electron chi connectivity index (χ0n) is 8.01. The van der Waals surface area contributed by atoms with Crippen LogP contribution in [0.4, 0.5) is 0 Å². The number of allylic oxidation sites excluding steroid dienone is 1. The molecule has 0 unspecified atom stereocenters. The van der Waals surface area contributed by atoms with E-state index in [0.29, 0.717) is 0 Å². The molecular formula is C12H11BrO. The minimum Gasteiger partial charge on any atom is -0.294 e. The fourth-order valence-electron chi connectivity index (χ4n) is 1.82. The Morgan fingerprint density at radius 2 is 2.21 bits per heavy atom. The van der Waals surface area contributed by atoms with E-state index in [2.05, 4.69) is 28.1 Å². The molecule has 0 aromatic heterocycles. The molecule has 1 aromatic rings. The second-order valence-electron chi connectivity index (χ2n) is 3.48. The quantitative estimate of drug-likeness (QED) is 0.697. The summed E-state index contributed by atoms with van der Waals surface area (Å²) in [4.78, 5) is 11.4. The number of Topliss-reactive ketones (excluding diaryl/α,β-unsaturated/α-hetero) is 1. The van der Waals surface area contributed by atoms with E-state index in [0.717, 1.165) is 28.4 Å². The predicted octanol–water partition coefficient (Wildman–Crippen LogP) is 3.61. The normalized spacial score (nSPS) is 13.9.